The summed E-state index contributed by atoms with van der Waals surface area (Å²) in [6, 6.07) is 0. The third-order valence-electron chi connectivity index (χ3n) is 0.965. The van der Waals surface area contributed by atoms with E-state index in [1.54, 1.807) is 0 Å². The van der Waals surface area contributed by atoms with Gasteiger partial charge in [-0.3, -0.25) is 0 Å². The summed E-state index contributed by atoms with van der Waals surface area (Å²) in [5.41, 5.74) is 13.0. The fraction of sp³-hybridized carbons (Fsp3) is 0. The minimum Gasteiger partial charge on any atom is -0.393 e. The molecule has 0 radical (unpaired) electrons. The van der Waals surface area contributed by atoms with Crippen molar-refractivity contribution in [1.29, 1.82) is 0 Å². The Morgan fingerprint density at radius 2 is 1.90 bits per heavy atom. The van der Waals surface area contributed by atoms with Gasteiger partial charge in [0.15, 0.2) is 11.6 Å². The van der Waals surface area contributed by atoms with E-state index in [-0.39, 0.29) is 17.3 Å². The van der Waals surface area contributed by atoms with Crippen LogP contribution in [0.5, 0.6) is 0 Å². The highest BCUT2D eigenvalue weighted by Gasteiger charge is 2.02. The Hall–Kier alpha value is -1.63. The third-order valence-corrected chi connectivity index (χ3v) is 0.965. The first-order valence-corrected chi connectivity index (χ1v) is 2.46. The lowest BCUT2D eigenvalue weighted by Crippen LogP contribution is -2.14. The van der Waals surface area contributed by atoms with Gasteiger partial charge in [0.1, 0.15) is 5.69 Å². The zero-order valence-corrected chi connectivity index (χ0v) is 5.07. The minimum absolute atomic E-state index is 0.114. The maximum atomic E-state index is 5.36. The van der Waals surface area contributed by atoms with Gasteiger partial charge in [-0.15, -0.1) is 10.2 Å². The molecule has 0 aromatic carbocycles. The van der Waals surface area contributed by atoms with E-state index in [0.29, 0.717) is 0 Å². The summed E-state index contributed by atoms with van der Waals surface area (Å²) in [5, 5.41) is 10.1. The largest absolute Gasteiger partial charge is 0.393 e. The molecule has 7 nitrogen and oxygen atoms in total. The van der Waals surface area contributed by atoms with Crippen molar-refractivity contribution in [2.75, 3.05) is 16.9 Å². The summed E-state index contributed by atoms with van der Waals surface area (Å²) in [4.78, 5) is 0. The van der Waals surface area contributed by atoms with Gasteiger partial charge in [-0.2, -0.15) is 0 Å². The van der Waals surface area contributed by atoms with Crippen molar-refractivity contribution in [2.24, 2.45) is 5.84 Å². The van der Waals surface area contributed by atoms with Gasteiger partial charge in [0.25, 0.3) is 0 Å². The Balaban J connectivity index is 3.14. The molecule has 1 aromatic rings. The van der Waals surface area contributed by atoms with Gasteiger partial charge in [-0.25, -0.2) is 5.84 Å². The summed E-state index contributed by atoms with van der Waals surface area (Å²) >= 11 is 0. The molecule has 0 amide bonds. The van der Waals surface area contributed by atoms with Crippen molar-refractivity contribution in [2.45, 2.75) is 0 Å². The third kappa shape index (κ3) is 0.890. The first-order valence-electron chi connectivity index (χ1n) is 2.46. The molecule has 0 saturated carbocycles. The Morgan fingerprint density at radius 3 is 2.40 bits per heavy atom. The molecule has 7 N–H and O–H groups in total. The normalized spacial score (nSPS) is 9.30. The van der Waals surface area contributed by atoms with Gasteiger partial charge in [0.05, 0.1) is 0 Å². The highest BCUT2D eigenvalue weighted by atomic mass is 15.4. The number of hydrazine groups is 1. The standard InChI is InChI=1S/C3H7N7/c4-1-2(5)8-10-9-3(1)7-6/h6H2,(H2,4,10)(H3,5,7,8,9). The SMILES string of the molecule is NNc1nnnc(N)c1N. The highest BCUT2D eigenvalue weighted by Crippen LogP contribution is 2.15. The van der Waals surface area contributed by atoms with E-state index in [0.717, 1.165) is 0 Å². The molecule has 0 saturated heterocycles. The van der Waals surface area contributed by atoms with E-state index in [1.165, 1.54) is 0 Å². The van der Waals surface area contributed by atoms with Gasteiger partial charge >= 0.3 is 0 Å². The summed E-state index contributed by atoms with van der Waals surface area (Å²) in [5.74, 6) is 5.35. The Morgan fingerprint density at radius 1 is 1.20 bits per heavy atom. The topological polar surface area (TPSA) is 129 Å². The first-order chi connectivity index (χ1) is 4.75. The van der Waals surface area contributed by atoms with Crippen LogP contribution in [0.4, 0.5) is 17.3 Å². The van der Waals surface area contributed by atoms with E-state index in [9.17, 15) is 0 Å². The molecular formula is C3H7N7. The predicted molar refractivity (Wildman–Crippen MR) is 36.5 cm³/mol. The number of nitrogens with one attached hydrogen (secondary N) is 1. The molecule has 1 rings (SSSR count). The fourth-order valence-corrected chi connectivity index (χ4v) is 0.451. The van der Waals surface area contributed by atoms with Crippen LogP contribution in [0.1, 0.15) is 0 Å². The van der Waals surface area contributed by atoms with Gasteiger partial charge in [-0.1, -0.05) is 0 Å². The van der Waals surface area contributed by atoms with Crippen molar-refractivity contribution in [1.82, 2.24) is 15.4 Å². The van der Waals surface area contributed by atoms with Gasteiger partial charge < -0.3 is 16.9 Å². The molecular weight excluding hydrogens is 134 g/mol. The van der Waals surface area contributed by atoms with Crippen LogP contribution >= 0.6 is 0 Å². The number of rotatable bonds is 1. The summed E-state index contributed by atoms with van der Waals surface area (Å²) in [6.45, 7) is 0. The van der Waals surface area contributed by atoms with Crippen LogP contribution in [0, 0.1) is 0 Å². The Kier molecular flexibility index (Phi) is 1.50. The molecule has 1 aromatic heterocycles. The second kappa shape index (κ2) is 2.31. The number of nitrogen functional groups attached to an aromatic ring is 3. The van der Waals surface area contributed by atoms with E-state index in [1.807, 2.05) is 0 Å². The van der Waals surface area contributed by atoms with Crippen LogP contribution in [-0.4, -0.2) is 15.4 Å². The molecule has 0 spiro atoms. The van der Waals surface area contributed by atoms with E-state index < -0.39 is 0 Å². The molecule has 0 aliphatic rings. The molecule has 10 heavy (non-hydrogen) atoms. The molecule has 0 fully saturated rings. The number of anilines is 3. The minimum atomic E-state index is 0.114. The molecule has 0 atom stereocenters. The van der Waals surface area contributed by atoms with Crippen LogP contribution in [0.25, 0.3) is 0 Å². The fourth-order valence-electron chi connectivity index (χ4n) is 0.451. The summed E-state index contributed by atoms with van der Waals surface area (Å²) in [7, 11) is 0. The zero-order chi connectivity index (χ0) is 7.56. The van der Waals surface area contributed by atoms with Crippen LogP contribution in [0.2, 0.25) is 0 Å². The maximum Gasteiger partial charge on any atom is 0.191 e. The summed E-state index contributed by atoms with van der Waals surface area (Å²) in [6.07, 6.45) is 0. The molecule has 7 heteroatoms. The van der Waals surface area contributed by atoms with E-state index in [4.69, 9.17) is 17.3 Å². The van der Waals surface area contributed by atoms with Crippen molar-refractivity contribution < 1.29 is 0 Å². The van der Waals surface area contributed by atoms with Crippen molar-refractivity contribution in [3.05, 3.63) is 0 Å². The number of nitrogens with two attached hydrogens (primary N) is 3. The molecule has 0 unspecified atom stereocenters. The second-order valence-corrected chi connectivity index (χ2v) is 1.58. The molecule has 0 aliphatic heterocycles. The monoisotopic (exact) mass is 141 g/mol. The van der Waals surface area contributed by atoms with Crippen LogP contribution in [-0.2, 0) is 0 Å². The van der Waals surface area contributed by atoms with Crippen LogP contribution in [0.15, 0.2) is 0 Å². The highest BCUT2D eigenvalue weighted by molar-refractivity contribution is 5.70. The Labute approximate surface area is 56.6 Å². The lowest BCUT2D eigenvalue weighted by Gasteiger charge is -2.01. The van der Waals surface area contributed by atoms with Crippen LogP contribution < -0.4 is 22.7 Å². The predicted octanol–water partition coefficient (Wildman–Crippen LogP) is -1.68. The van der Waals surface area contributed by atoms with Gasteiger partial charge in [-0.05, 0) is 5.21 Å². The quantitative estimate of drug-likeness (QED) is 0.271. The smallest absolute Gasteiger partial charge is 0.191 e. The van der Waals surface area contributed by atoms with E-state index in [2.05, 4.69) is 20.8 Å². The second-order valence-electron chi connectivity index (χ2n) is 1.58. The molecule has 1 heterocycles. The molecule has 54 valence electrons. The van der Waals surface area contributed by atoms with Crippen molar-refractivity contribution >= 4 is 17.3 Å². The van der Waals surface area contributed by atoms with Gasteiger partial charge in [0, 0.05) is 0 Å². The average Bonchev–Trinajstić information content (AvgIpc) is 1.95. The lowest BCUT2D eigenvalue weighted by molar-refractivity contribution is 0.877. The van der Waals surface area contributed by atoms with Crippen LogP contribution in [0.3, 0.4) is 0 Å². The van der Waals surface area contributed by atoms with Gasteiger partial charge in [0.2, 0.25) is 0 Å². The van der Waals surface area contributed by atoms with Crippen molar-refractivity contribution in [3.8, 4) is 0 Å². The Bertz CT molecular complexity index is 232. The number of hydrogen-bond donors (Lipinski definition) is 4. The number of nitrogens with zero attached hydrogens (tertiary/aromatic N) is 3. The summed E-state index contributed by atoms with van der Waals surface area (Å²) < 4.78 is 0. The number of aromatic nitrogens is 3. The first kappa shape index (κ1) is 6.49. The molecule has 0 aliphatic carbocycles. The van der Waals surface area contributed by atoms with E-state index >= 15 is 0 Å². The maximum absolute atomic E-state index is 5.36. The number of hydrogen-bond acceptors (Lipinski definition) is 7. The lowest BCUT2D eigenvalue weighted by atomic mass is 10.5. The van der Waals surface area contributed by atoms with Crippen molar-refractivity contribution in [3.63, 3.8) is 0 Å². The zero-order valence-electron chi connectivity index (χ0n) is 5.07. The average molecular weight is 141 g/mol. The molecule has 0 bridgehead atoms.